The minimum absolute atomic E-state index is 0.0718. The third kappa shape index (κ3) is 3.12. The number of nitro groups is 1. The maximum atomic E-state index is 11.8. The van der Waals surface area contributed by atoms with Crippen LogP contribution in [0, 0.1) is 17.0 Å². The lowest BCUT2D eigenvalue weighted by Gasteiger charge is -2.01. The van der Waals surface area contributed by atoms with Crippen molar-refractivity contribution in [1.82, 2.24) is 15.5 Å². The number of rotatable bonds is 4. The van der Waals surface area contributed by atoms with Crippen molar-refractivity contribution in [3.8, 4) is 0 Å². The zero-order valence-electron chi connectivity index (χ0n) is 9.99. The molecule has 0 saturated heterocycles. The van der Waals surface area contributed by atoms with Crippen molar-refractivity contribution in [3.63, 3.8) is 0 Å². The normalized spacial score (nSPS) is 10.2. The van der Waals surface area contributed by atoms with Crippen molar-refractivity contribution in [1.29, 1.82) is 0 Å². The average Bonchev–Trinajstić information content (AvgIpc) is 2.82. The van der Waals surface area contributed by atoms with E-state index < -0.39 is 10.8 Å². The summed E-state index contributed by atoms with van der Waals surface area (Å²) in [5.74, 6) is 0.301. The third-order valence-corrected chi connectivity index (χ3v) is 2.29. The molecule has 0 atom stereocenters. The van der Waals surface area contributed by atoms with Gasteiger partial charge in [-0.25, -0.2) is 0 Å². The van der Waals surface area contributed by atoms with Crippen LogP contribution in [0.25, 0.3) is 0 Å². The van der Waals surface area contributed by atoms with E-state index in [1.807, 2.05) is 0 Å². The number of nitro benzene ring substituents is 1. The average molecular weight is 262 g/mol. The lowest BCUT2D eigenvalue weighted by atomic mass is 10.2. The quantitative estimate of drug-likeness (QED) is 0.654. The first-order valence-electron chi connectivity index (χ1n) is 5.38. The Morgan fingerprint density at radius 1 is 1.53 bits per heavy atom. The van der Waals surface area contributed by atoms with Crippen molar-refractivity contribution in [3.05, 3.63) is 51.7 Å². The second-order valence-corrected chi connectivity index (χ2v) is 3.73. The molecule has 0 aliphatic heterocycles. The van der Waals surface area contributed by atoms with Crippen LogP contribution in [0.3, 0.4) is 0 Å². The molecule has 98 valence electrons. The highest BCUT2D eigenvalue weighted by molar-refractivity contribution is 5.94. The molecule has 2 aromatic rings. The predicted octanol–water partition coefficient (Wildman–Crippen LogP) is 1.22. The Balaban J connectivity index is 2.03. The van der Waals surface area contributed by atoms with E-state index in [2.05, 4.69) is 15.5 Å². The number of amides is 1. The lowest BCUT2D eigenvalue weighted by molar-refractivity contribution is -0.384. The van der Waals surface area contributed by atoms with E-state index in [9.17, 15) is 14.9 Å². The Kier molecular flexibility index (Phi) is 3.51. The maximum absolute atomic E-state index is 11.8. The van der Waals surface area contributed by atoms with E-state index in [-0.39, 0.29) is 23.7 Å². The molecule has 0 unspecified atom stereocenters. The van der Waals surface area contributed by atoms with Gasteiger partial charge < -0.3 is 9.84 Å². The summed E-state index contributed by atoms with van der Waals surface area (Å²) < 4.78 is 4.83. The van der Waals surface area contributed by atoms with Gasteiger partial charge in [0.1, 0.15) is 0 Å². The molecule has 0 radical (unpaired) electrons. The van der Waals surface area contributed by atoms with E-state index in [1.54, 1.807) is 6.92 Å². The van der Waals surface area contributed by atoms with Gasteiger partial charge in [0, 0.05) is 17.7 Å². The maximum Gasteiger partial charge on any atom is 0.270 e. The Morgan fingerprint density at radius 3 is 2.95 bits per heavy atom. The summed E-state index contributed by atoms with van der Waals surface area (Å²) in [7, 11) is 0. The smallest absolute Gasteiger partial charge is 0.270 e. The zero-order valence-corrected chi connectivity index (χ0v) is 9.99. The number of non-ortho nitro benzene ring substituents is 1. The van der Waals surface area contributed by atoms with E-state index in [1.165, 1.54) is 24.3 Å². The second kappa shape index (κ2) is 5.25. The van der Waals surface area contributed by atoms with Gasteiger partial charge in [0.05, 0.1) is 11.5 Å². The van der Waals surface area contributed by atoms with Crippen LogP contribution < -0.4 is 5.32 Å². The van der Waals surface area contributed by atoms with Crippen molar-refractivity contribution in [2.75, 3.05) is 0 Å². The van der Waals surface area contributed by atoms with Crippen LogP contribution in [0.5, 0.6) is 0 Å². The number of hydrogen-bond donors (Lipinski definition) is 1. The Morgan fingerprint density at radius 2 is 2.32 bits per heavy atom. The summed E-state index contributed by atoms with van der Waals surface area (Å²) in [4.78, 5) is 25.7. The Hall–Kier alpha value is -2.77. The molecule has 1 amide bonds. The number of carbonyl (C=O) groups excluding carboxylic acids is 1. The summed E-state index contributed by atoms with van der Waals surface area (Å²) in [6.45, 7) is 1.73. The fourth-order valence-electron chi connectivity index (χ4n) is 1.43. The van der Waals surface area contributed by atoms with Gasteiger partial charge in [0.25, 0.3) is 11.6 Å². The molecule has 8 nitrogen and oxygen atoms in total. The molecule has 19 heavy (non-hydrogen) atoms. The van der Waals surface area contributed by atoms with E-state index >= 15 is 0 Å². The first kappa shape index (κ1) is 12.7. The van der Waals surface area contributed by atoms with Gasteiger partial charge in [-0.2, -0.15) is 4.98 Å². The molecular weight excluding hydrogens is 252 g/mol. The van der Waals surface area contributed by atoms with Crippen LogP contribution in [-0.4, -0.2) is 21.0 Å². The molecule has 1 aromatic carbocycles. The molecule has 0 saturated carbocycles. The van der Waals surface area contributed by atoms with Crippen LogP contribution in [0.1, 0.15) is 22.1 Å². The monoisotopic (exact) mass is 262 g/mol. The van der Waals surface area contributed by atoms with Gasteiger partial charge >= 0.3 is 0 Å². The Bertz CT molecular complexity index is 623. The number of nitrogens with zero attached hydrogens (tertiary/aromatic N) is 3. The van der Waals surface area contributed by atoms with Crippen LogP contribution in [0.4, 0.5) is 5.69 Å². The van der Waals surface area contributed by atoms with Crippen molar-refractivity contribution >= 4 is 11.6 Å². The summed E-state index contributed by atoms with van der Waals surface area (Å²) in [6.07, 6.45) is 0. The highest BCUT2D eigenvalue weighted by Crippen LogP contribution is 2.13. The summed E-state index contributed by atoms with van der Waals surface area (Å²) in [5, 5.41) is 16.7. The minimum Gasteiger partial charge on any atom is -0.343 e. The van der Waals surface area contributed by atoms with Crippen LogP contribution in [0.2, 0.25) is 0 Å². The van der Waals surface area contributed by atoms with E-state index in [4.69, 9.17) is 4.52 Å². The predicted molar refractivity (Wildman–Crippen MR) is 63.3 cm³/mol. The number of benzene rings is 1. The van der Waals surface area contributed by atoms with Gasteiger partial charge in [0.2, 0.25) is 5.89 Å². The molecule has 2 rings (SSSR count). The number of aromatic nitrogens is 2. The van der Waals surface area contributed by atoms with Crippen LogP contribution in [-0.2, 0) is 6.54 Å². The fraction of sp³-hybridized carbons (Fsp3) is 0.182. The van der Waals surface area contributed by atoms with Crippen molar-refractivity contribution < 1.29 is 14.2 Å². The summed E-state index contributed by atoms with van der Waals surface area (Å²) in [5.41, 5.74) is 0.0618. The zero-order chi connectivity index (χ0) is 13.8. The molecule has 0 aliphatic rings. The molecule has 1 heterocycles. The largest absolute Gasteiger partial charge is 0.343 e. The van der Waals surface area contributed by atoms with Crippen molar-refractivity contribution in [2.24, 2.45) is 0 Å². The number of hydrogen-bond acceptors (Lipinski definition) is 6. The Labute approximate surface area is 107 Å². The first-order valence-corrected chi connectivity index (χ1v) is 5.38. The van der Waals surface area contributed by atoms with Crippen molar-refractivity contribution in [2.45, 2.75) is 13.5 Å². The third-order valence-electron chi connectivity index (χ3n) is 2.29. The van der Waals surface area contributed by atoms with Gasteiger partial charge in [0.15, 0.2) is 5.82 Å². The molecule has 1 N–H and O–H groups in total. The molecular formula is C11H10N4O4. The SMILES string of the molecule is Cc1noc(CNC(=O)c2cccc([N+](=O)[O-])c2)n1. The molecule has 1 aromatic heterocycles. The topological polar surface area (TPSA) is 111 Å². The van der Waals surface area contributed by atoms with Gasteiger partial charge in [-0.3, -0.25) is 14.9 Å². The first-order chi connectivity index (χ1) is 9.06. The highest BCUT2D eigenvalue weighted by Gasteiger charge is 2.12. The molecule has 0 spiro atoms. The summed E-state index contributed by atoms with van der Waals surface area (Å²) >= 11 is 0. The van der Waals surface area contributed by atoms with Crippen LogP contribution >= 0.6 is 0 Å². The number of nitrogens with one attached hydrogen (secondary N) is 1. The lowest BCUT2D eigenvalue weighted by Crippen LogP contribution is -2.23. The molecule has 8 heteroatoms. The van der Waals surface area contributed by atoms with E-state index in [0.29, 0.717) is 5.82 Å². The summed E-state index contributed by atoms with van der Waals surface area (Å²) in [6, 6.07) is 5.46. The van der Waals surface area contributed by atoms with E-state index in [0.717, 1.165) is 0 Å². The standard InChI is InChI=1S/C11H10N4O4/c1-7-13-10(19-14-7)6-12-11(16)8-3-2-4-9(5-8)15(17)18/h2-5H,6H2,1H3,(H,12,16). The second-order valence-electron chi connectivity index (χ2n) is 3.73. The number of carbonyl (C=O) groups is 1. The molecule has 0 fully saturated rings. The highest BCUT2D eigenvalue weighted by atomic mass is 16.6. The van der Waals surface area contributed by atoms with Crippen LogP contribution in [0.15, 0.2) is 28.8 Å². The number of aryl methyl sites for hydroxylation is 1. The van der Waals surface area contributed by atoms with Gasteiger partial charge in [-0.15, -0.1) is 0 Å². The van der Waals surface area contributed by atoms with Gasteiger partial charge in [-0.1, -0.05) is 11.2 Å². The molecule has 0 bridgehead atoms. The fourth-order valence-corrected chi connectivity index (χ4v) is 1.43. The minimum atomic E-state index is -0.557. The molecule has 0 aliphatic carbocycles. The van der Waals surface area contributed by atoms with Gasteiger partial charge in [-0.05, 0) is 13.0 Å².